The molecule has 3 N–H and O–H groups in total. The lowest BCUT2D eigenvalue weighted by molar-refractivity contribution is -0.155. The van der Waals surface area contributed by atoms with Gasteiger partial charge in [-0.05, 0) is 37.6 Å². The zero-order valence-electron chi connectivity index (χ0n) is 18.2. The minimum absolute atomic E-state index is 0.0374. The Morgan fingerprint density at radius 2 is 1.77 bits per heavy atom. The topological polar surface area (TPSA) is 104 Å². The van der Waals surface area contributed by atoms with Gasteiger partial charge in [-0.15, -0.1) is 11.8 Å². The molecule has 7 nitrogen and oxygen atoms in total. The molecule has 1 aliphatic heterocycles. The van der Waals surface area contributed by atoms with E-state index in [9.17, 15) is 36.3 Å². The van der Waals surface area contributed by atoms with Crippen LogP contribution in [0.3, 0.4) is 0 Å². The highest BCUT2D eigenvalue weighted by atomic mass is 32.2. The van der Waals surface area contributed by atoms with Crippen molar-refractivity contribution >= 4 is 34.1 Å². The molecule has 186 valence electrons. The number of amides is 1. The average Bonchev–Trinajstić information content (AvgIpc) is 3.17. The summed E-state index contributed by atoms with van der Waals surface area (Å²) in [5, 5.41) is 5.42. The number of H-pyrrole nitrogens is 2. The van der Waals surface area contributed by atoms with Gasteiger partial charge in [-0.2, -0.15) is 17.6 Å². The first-order chi connectivity index (χ1) is 16.4. The minimum atomic E-state index is -4.70. The number of halogens is 5. The Labute approximate surface area is 198 Å². The first-order valence-electron chi connectivity index (χ1n) is 10.2. The van der Waals surface area contributed by atoms with Crippen LogP contribution in [-0.4, -0.2) is 39.4 Å². The number of anilines is 1. The van der Waals surface area contributed by atoms with Crippen LogP contribution in [0.5, 0.6) is 5.75 Å². The molecule has 0 aliphatic carbocycles. The van der Waals surface area contributed by atoms with E-state index in [2.05, 4.69) is 15.5 Å². The van der Waals surface area contributed by atoms with E-state index >= 15 is 0 Å². The third kappa shape index (κ3) is 4.28. The van der Waals surface area contributed by atoms with Crippen LogP contribution in [0, 0.1) is 11.6 Å². The van der Waals surface area contributed by atoms with Gasteiger partial charge in [0.05, 0.1) is 23.1 Å². The van der Waals surface area contributed by atoms with Gasteiger partial charge in [-0.1, -0.05) is 6.07 Å². The second kappa shape index (κ2) is 8.70. The van der Waals surface area contributed by atoms with Gasteiger partial charge < -0.3 is 10.1 Å². The number of carbonyl (C=O) groups excluding carboxylic acids is 1. The van der Waals surface area contributed by atoms with E-state index in [4.69, 9.17) is 4.74 Å². The molecule has 35 heavy (non-hydrogen) atoms. The Bertz CT molecular complexity index is 1440. The standard InChI is InChI=1S/C22H18F5N3O4S/c1-21(22(25,26)27)8-13(10-5-6-14(23)15(24)16(10)34-2)17(35-21)20(33)28-9-3-4-11-12(7-9)19(32)30-29-18(11)31/h3-7,13,17H,8H2,1-2H3,(H,28,33)(H,29,31)(H,30,32). The fraction of sp³-hybridized carbons (Fsp3) is 0.318. The number of fused-ring (bicyclic) bond motifs is 1. The lowest BCUT2D eigenvalue weighted by Crippen LogP contribution is -2.37. The highest BCUT2D eigenvalue weighted by Crippen LogP contribution is 2.59. The Hall–Kier alpha value is -3.35. The molecule has 3 aromatic rings. The highest BCUT2D eigenvalue weighted by molar-refractivity contribution is 8.02. The molecular weight excluding hydrogens is 497 g/mol. The fourth-order valence-corrected chi connectivity index (χ4v) is 5.69. The van der Waals surface area contributed by atoms with Crippen LogP contribution in [0.25, 0.3) is 10.8 Å². The number of thioether (sulfide) groups is 1. The lowest BCUT2D eigenvalue weighted by Gasteiger charge is -2.26. The van der Waals surface area contributed by atoms with Gasteiger partial charge in [-0.25, -0.2) is 4.39 Å². The van der Waals surface area contributed by atoms with Crippen molar-refractivity contribution in [1.29, 1.82) is 0 Å². The predicted molar refractivity (Wildman–Crippen MR) is 120 cm³/mol. The van der Waals surface area contributed by atoms with Crippen molar-refractivity contribution in [3.8, 4) is 5.75 Å². The molecule has 1 amide bonds. The zero-order valence-corrected chi connectivity index (χ0v) is 19.0. The number of aromatic nitrogens is 2. The van der Waals surface area contributed by atoms with E-state index in [0.717, 1.165) is 26.2 Å². The average molecular weight is 515 g/mol. The lowest BCUT2D eigenvalue weighted by atomic mass is 9.85. The number of alkyl halides is 3. The SMILES string of the molecule is COc1c(C2CC(C)(C(F)(F)F)SC2C(=O)Nc2ccc3c(=O)[nH][nH]c(=O)c3c2)ccc(F)c1F. The molecule has 2 heterocycles. The number of methoxy groups -OCH3 is 1. The maximum atomic E-state index is 14.3. The molecule has 3 unspecified atom stereocenters. The molecule has 1 aliphatic rings. The van der Waals surface area contributed by atoms with Gasteiger partial charge in [0.2, 0.25) is 11.7 Å². The van der Waals surface area contributed by atoms with Crippen molar-refractivity contribution in [3.05, 3.63) is 68.2 Å². The number of benzene rings is 2. The predicted octanol–water partition coefficient (Wildman–Crippen LogP) is 4.05. The Morgan fingerprint density at radius 3 is 2.40 bits per heavy atom. The van der Waals surface area contributed by atoms with E-state index < -0.39 is 62.9 Å². The van der Waals surface area contributed by atoms with Crippen molar-refractivity contribution in [1.82, 2.24) is 10.2 Å². The first-order valence-corrected chi connectivity index (χ1v) is 11.1. The second-order valence-corrected chi connectivity index (χ2v) is 9.86. The molecule has 4 rings (SSSR count). The van der Waals surface area contributed by atoms with E-state index in [1.807, 2.05) is 0 Å². The fourth-order valence-electron chi connectivity index (χ4n) is 4.14. The van der Waals surface area contributed by atoms with Crippen LogP contribution in [0.2, 0.25) is 0 Å². The molecule has 0 radical (unpaired) electrons. The van der Waals surface area contributed by atoms with Crippen LogP contribution >= 0.6 is 11.8 Å². The third-order valence-electron chi connectivity index (χ3n) is 5.97. The molecular formula is C22H18F5N3O4S. The van der Waals surface area contributed by atoms with Crippen molar-refractivity contribution in [2.75, 3.05) is 12.4 Å². The number of nitrogens with one attached hydrogen (secondary N) is 3. The molecule has 0 spiro atoms. The second-order valence-electron chi connectivity index (χ2n) is 8.22. The number of aromatic amines is 2. The zero-order chi connectivity index (χ0) is 25.7. The van der Waals surface area contributed by atoms with Crippen LogP contribution < -0.4 is 21.2 Å². The van der Waals surface area contributed by atoms with Crippen LogP contribution in [0.4, 0.5) is 27.6 Å². The molecule has 1 fully saturated rings. The van der Waals surface area contributed by atoms with Gasteiger partial charge in [-0.3, -0.25) is 24.6 Å². The van der Waals surface area contributed by atoms with Gasteiger partial charge >= 0.3 is 6.18 Å². The molecule has 0 saturated carbocycles. The van der Waals surface area contributed by atoms with Gasteiger partial charge in [0, 0.05) is 17.2 Å². The van der Waals surface area contributed by atoms with E-state index in [1.54, 1.807) is 0 Å². The van der Waals surface area contributed by atoms with Crippen LogP contribution in [-0.2, 0) is 4.79 Å². The van der Waals surface area contributed by atoms with Crippen molar-refractivity contribution in [3.63, 3.8) is 0 Å². The van der Waals surface area contributed by atoms with Gasteiger partial charge in [0.25, 0.3) is 11.1 Å². The summed E-state index contributed by atoms with van der Waals surface area (Å²) in [6.07, 6.45) is -5.29. The number of rotatable bonds is 4. The van der Waals surface area contributed by atoms with E-state index in [0.29, 0.717) is 11.8 Å². The quantitative estimate of drug-likeness (QED) is 0.455. The normalized spacial score (nSPS) is 22.4. The number of hydrogen-bond donors (Lipinski definition) is 3. The summed E-state index contributed by atoms with van der Waals surface area (Å²) in [7, 11) is 1.05. The van der Waals surface area contributed by atoms with Crippen LogP contribution in [0.1, 0.15) is 24.8 Å². The Kier molecular flexibility index (Phi) is 6.16. The van der Waals surface area contributed by atoms with Gasteiger partial charge in [0.15, 0.2) is 11.6 Å². The summed E-state index contributed by atoms with van der Waals surface area (Å²) in [6, 6.07) is 5.70. The molecule has 1 aromatic heterocycles. The molecule has 0 bridgehead atoms. The Balaban J connectivity index is 1.74. The number of hydrogen-bond acceptors (Lipinski definition) is 5. The van der Waals surface area contributed by atoms with Crippen molar-refractivity contribution < 1.29 is 31.5 Å². The largest absolute Gasteiger partial charge is 0.493 e. The van der Waals surface area contributed by atoms with Crippen molar-refractivity contribution in [2.24, 2.45) is 0 Å². The maximum absolute atomic E-state index is 14.3. The summed E-state index contributed by atoms with van der Waals surface area (Å²) in [6.45, 7) is 0.937. The van der Waals surface area contributed by atoms with Crippen molar-refractivity contribution in [2.45, 2.75) is 35.4 Å². The maximum Gasteiger partial charge on any atom is 0.403 e. The first kappa shape index (κ1) is 24.8. The summed E-state index contributed by atoms with van der Waals surface area (Å²) in [5.74, 6) is -5.21. The molecule has 2 aromatic carbocycles. The summed E-state index contributed by atoms with van der Waals surface area (Å²) >= 11 is 0.357. The monoisotopic (exact) mass is 515 g/mol. The third-order valence-corrected chi connectivity index (χ3v) is 7.68. The van der Waals surface area contributed by atoms with Gasteiger partial charge in [0.1, 0.15) is 4.75 Å². The molecule has 1 saturated heterocycles. The van der Waals surface area contributed by atoms with E-state index in [-0.39, 0.29) is 22.0 Å². The minimum Gasteiger partial charge on any atom is -0.493 e. The smallest absolute Gasteiger partial charge is 0.403 e. The van der Waals surface area contributed by atoms with Crippen LogP contribution in [0.15, 0.2) is 39.9 Å². The van der Waals surface area contributed by atoms with E-state index in [1.165, 1.54) is 18.2 Å². The summed E-state index contributed by atoms with van der Waals surface area (Å²) in [5.41, 5.74) is -1.22. The number of ether oxygens (including phenoxy) is 1. The summed E-state index contributed by atoms with van der Waals surface area (Å²) < 4.78 is 72.3. The molecule has 3 atom stereocenters. The highest BCUT2D eigenvalue weighted by Gasteiger charge is 2.60. The number of carbonyl (C=O) groups is 1. The Morgan fingerprint density at radius 1 is 1.11 bits per heavy atom. The summed E-state index contributed by atoms with van der Waals surface area (Å²) in [4.78, 5) is 37.1. The molecule has 13 heteroatoms.